The normalized spacial score (nSPS) is 12.0. The number of rotatable bonds is 7. The lowest BCUT2D eigenvalue weighted by molar-refractivity contribution is -0.274. The monoisotopic (exact) mass is 397 g/mol. The minimum atomic E-state index is -4.78. The lowest BCUT2D eigenvalue weighted by Gasteiger charge is -2.13. The first kappa shape index (κ1) is 21.1. The highest BCUT2D eigenvalue weighted by Crippen LogP contribution is 2.24. The average Bonchev–Trinajstić information content (AvgIpc) is 2.63. The van der Waals surface area contributed by atoms with Crippen LogP contribution in [0.4, 0.5) is 18.9 Å². The average molecular weight is 397 g/mol. The molecule has 1 amide bonds. The maximum atomic E-state index is 12.2. The van der Waals surface area contributed by atoms with Gasteiger partial charge in [-0.1, -0.05) is 0 Å². The highest BCUT2D eigenvalue weighted by atomic mass is 19.4. The summed E-state index contributed by atoms with van der Waals surface area (Å²) in [6.45, 7) is 3.48. The van der Waals surface area contributed by atoms with Crippen LogP contribution in [0.5, 0.6) is 11.5 Å². The van der Waals surface area contributed by atoms with Crippen LogP contribution in [0, 0.1) is 0 Å². The number of carbonyl (C=O) groups excluding carboxylic acids is 2. The van der Waals surface area contributed by atoms with E-state index in [4.69, 9.17) is 9.47 Å². The topological polar surface area (TPSA) is 73.9 Å². The molecule has 0 fully saturated rings. The van der Waals surface area contributed by atoms with Gasteiger partial charge in [0.1, 0.15) is 11.5 Å². The molecule has 0 aliphatic rings. The van der Waals surface area contributed by atoms with Crippen molar-refractivity contribution in [1.29, 1.82) is 0 Å². The Hall–Kier alpha value is -3.23. The summed E-state index contributed by atoms with van der Waals surface area (Å²) in [4.78, 5) is 23.8. The third kappa shape index (κ3) is 6.49. The van der Waals surface area contributed by atoms with Crippen LogP contribution in [0.1, 0.15) is 24.2 Å². The fourth-order valence-electron chi connectivity index (χ4n) is 2.14. The van der Waals surface area contributed by atoms with Gasteiger partial charge in [0, 0.05) is 11.3 Å². The number of alkyl halides is 3. The number of carbonyl (C=O) groups is 2. The zero-order valence-electron chi connectivity index (χ0n) is 15.1. The lowest BCUT2D eigenvalue weighted by atomic mass is 10.2. The molecule has 0 bridgehead atoms. The Balaban J connectivity index is 1.95. The molecule has 0 saturated heterocycles. The van der Waals surface area contributed by atoms with Crippen molar-refractivity contribution < 1.29 is 37.0 Å². The fourth-order valence-corrected chi connectivity index (χ4v) is 2.14. The maximum Gasteiger partial charge on any atom is 0.573 e. The minimum Gasteiger partial charge on any atom is -0.479 e. The Morgan fingerprint density at radius 2 is 1.57 bits per heavy atom. The first-order chi connectivity index (χ1) is 13.2. The summed E-state index contributed by atoms with van der Waals surface area (Å²) in [5.41, 5.74) is 0.600. The number of hydrogen-bond acceptors (Lipinski definition) is 5. The van der Waals surface area contributed by atoms with Crippen LogP contribution in [-0.2, 0) is 9.53 Å². The molecular formula is C19H18F3NO5. The van der Waals surface area contributed by atoms with Crippen LogP contribution >= 0.6 is 0 Å². The first-order valence-corrected chi connectivity index (χ1v) is 8.28. The zero-order valence-corrected chi connectivity index (χ0v) is 15.1. The highest BCUT2D eigenvalue weighted by molar-refractivity contribution is 6.04. The van der Waals surface area contributed by atoms with Crippen LogP contribution in [0.2, 0.25) is 0 Å². The van der Waals surface area contributed by atoms with E-state index >= 15 is 0 Å². The van der Waals surface area contributed by atoms with E-state index in [9.17, 15) is 22.8 Å². The molecule has 2 aromatic carbocycles. The second kappa shape index (κ2) is 9.12. The molecule has 2 aromatic rings. The van der Waals surface area contributed by atoms with Crippen molar-refractivity contribution in [2.24, 2.45) is 0 Å². The van der Waals surface area contributed by atoms with Crippen molar-refractivity contribution >= 4 is 17.6 Å². The fraction of sp³-hybridized carbons (Fsp3) is 0.263. The number of benzene rings is 2. The smallest absolute Gasteiger partial charge is 0.479 e. The Morgan fingerprint density at radius 1 is 1.00 bits per heavy atom. The molecule has 0 aromatic heterocycles. The molecule has 9 heteroatoms. The molecule has 0 aliphatic carbocycles. The van der Waals surface area contributed by atoms with Crippen LogP contribution < -0.4 is 14.8 Å². The molecule has 1 atom stereocenters. The van der Waals surface area contributed by atoms with Gasteiger partial charge in [-0.05, 0) is 62.4 Å². The molecule has 1 unspecified atom stereocenters. The van der Waals surface area contributed by atoms with Gasteiger partial charge in [0.25, 0.3) is 5.91 Å². The van der Waals surface area contributed by atoms with Gasteiger partial charge >= 0.3 is 12.3 Å². The lowest BCUT2D eigenvalue weighted by Crippen LogP contribution is -2.26. The molecule has 2 rings (SSSR count). The van der Waals surface area contributed by atoms with Gasteiger partial charge in [0.2, 0.25) is 0 Å². The van der Waals surface area contributed by atoms with E-state index in [1.807, 2.05) is 0 Å². The van der Waals surface area contributed by atoms with Crippen molar-refractivity contribution in [2.75, 3.05) is 11.9 Å². The van der Waals surface area contributed by atoms with Gasteiger partial charge in [-0.2, -0.15) is 0 Å². The summed E-state index contributed by atoms with van der Waals surface area (Å²) in [7, 11) is 0. The van der Waals surface area contributed by atoms with E-state index in [0.717, 1.165) is 12.1 Å². The molecular weight excluding hydrogens is 379 g/mol. The van der Waals surface area contributed by atoms with E-state index < -0.39 is 24.3 Å². The van der Waals surface area contributed by atoms with Gasteiger partial charge < -0.3 is 19.5 Å². The predicted molar refractivity (Wildman–Crippen MR) is 94.2 cm³/mol. The van der Waals surface area contributed by atoms with Gasteiger partial charge in [-0.3, -0.25) is 4.79 Å². The summed E-state index contributed by atoms with van der Waals surface area (Å²) < 4.78 is 50.4. The Bertz CT molecular complexity index is 804. The van der Waals surface area contributed by atoms with Crippen molar-refractivity contribution in [1.82, 2.24) is 0 Å². The summed E-state index contributed by atoms with van der Waals surface area (Å²) in [6, 6.07) is 10.8. The van der Waals surface area contributed by atoms with Crippen molar-refractivity contribution in [2.45, 2.75) is 26.3 Å². The summed E-state index contributed by atoms with van der Waals surface area (Å²) in [6.07, 6.45) is -5.57. The third-order valence-electron chi connectivity index (χ3n) is 3.39. The van der Waals surface area contributed by atoms with E-state index in [-0.39, 0.29) is 12.4 Å². The van der Waals surface area contributed by atoms with Gasteiger partial charge in [-0.15, -0.1) is 13.2 Å². The molecule has 0 saturated carbocycles. The predicted octanol–water partition coefficient (Wildman–Crippen LogP) is 4.17. The number of halogens is 3. The summed E-state index contributed by atoms with van der Waals surface area (Å²) in [5, 5.41) is 2.55. The standard InChI is InChI=1S/C19H18F3NO5/c1-3-26-18(25)12(2)27-15-8-4-13(5-9-15)17(24)23-14-6-10-16(11-7-14)28-19(20,21)22/h4-12H,3H2,1-2H3,(H,23,24). The van der Waals surface area contributed by atoms with E-state index in [1.54, 1.807) is 13.8 Å². The zero-order chi connectivity index (χ0) is 20.7. The number of nitrogens with one attached hydrogen (secondary N) is 1. The van der Waals surface area contributed by atoms with Crippen molar-refractivity contribution in [3.05, 3.63) is 54.1 Å². The molecule has 6 nitrogen and oxygen atoms in total. The number of amides is 1. The SMILES string of the molecule is CCOC(=O)C(C)Oc1ccc(C(=O)Nc2ccc(OC(F)(F)F)cc2)cc1. The number of anilines is 1. The number of ether oxygens (including phenoxy) is 3. The maximum absolute atomic E-state index is 12.2. The largest absolute Gasteiger partial charge is 0.573 e. The van der Waals surface area contributed by atoms with E-state index in [2.05, 4.69) is 10.1 Å². The van der Waals surface area contributed by atoms with E-state index in [0.29, 0.717) is 17.0 Å². The Labute approximate surface area is 159 Å². The Kier molecular flexibility index (Phi) is 6.86. The van der Waals surface area contributed by atoms with Crippen LogP contribution in [0.25, 0.3) is 0 Å². The quantitative estimate of drug-likeness (QED) is 0.710. The molecule has 0 heterocycles. The van der Waals surface area contributed by atoms with E-state index in [1.165, 1.54) is 36.4 Å². The van der Waals surface area contributed by atoms with Gasteiger partial charge in [0.15, 0.2) is 6.10 Å². The molecule has 150 valence electrons. The van der Waals surface area contributed by atoms with Gasteiger partial charge in [0.05, 0.1) is 6.61 Å². The van der Waals surface area contributed by atoms with Crippen LogP contribution in [0.3, 0.4) is 0 Å². The second-order valence-electron chi connectivity index (χ2n) is 5.56. The molecule has 0 spiro atoms. The van der Waals surface area contributed by atoms with Crippen molar-refractivity contribution in [3.8, 4) is 11.5 Å². The first-order valence-electron chi connectivity index (χ1n) is 8.28. The molecule has 28 heavy (non-hydrogen) atoms. The number of hydrogen-bond donors (Lipinski definition) is 1. The molecule has 0 aliphatic heterocycles. The summed E-state index contributed by atoms with van der Waals surface area (Å²) in [5.74, 6) is -0.967. The second-order valence-corrected chi connectivity index (χ2v) is 5.56. The minimum absolute atomic E-state index is 0.245. The summed E-state index contributed by atoms with van der Waals surface area (Å²) >= 11 is 0. The van der Waals surface area contributed by atoms with Crippen LogP contribution in [0.15, 0.2) is 48.5 Å². The molecule has 0 radical (unpaired) electrons. The Morgan fingerprint density at radius 3 is 2.11 bits per heavy atom. The van der Waals surface area contributed by atoms with Crippen molar-refractivity contribution in [3.63, 3.8) is 0 Å². The third-order valence-corrected chi connectivity index (χ3v) is 3.39. The highest BCUT2D eigenvalue weighted by Gasteiger charge is 2.31. The number of esters is 1. The van der Waals surface area contributed by atoms with Crippen LogP contribution in [-0.4, -0.2) is 30.9 Å². The van der Waals surface area contributed by atoms with Gasteiger partial charge in [-0.25, -0.2) is 4.79 Å². The molecule has 1 N–H and O–H groups in total.